The fourth-order valence-corrected chi connectivity index (χ4v) is 6.74. The number of furan rings is 1. The zero-order valence-corrected chi connectivity index (χ0v) is 18.3. The lowest BCUT2D eigenvalue weighted by molar-refractivity contribution is -0.240. The first-order chi connectivity index (χ1) is 14.6. The molecule has 0 spiro atoms. The first kappa shape index (κ1) is 21.9. The third-order valence-corrected chi connectivity index (χ3v) is 8.06. The average Bonchev–Trinajstić information content (AvgIpc) is 3.23. The Morgan fingerprint density at radius 2 is 2.00 bits per heavy atom. The molecule has 8 nitrogen and oxygen atoms in total. The third-order valence-electron chi connectivity index (χ3n) is 8.06. The summed E-state index contributed by atoms with van der Waals surface area (Å²) in [6, 6.07) is 1.76. The van der Waals surface area contributed by atoms with E-state index in [9.17, 15) is 19.5 Å². The highest BCUT2D eigenvalue weighted by molar-refractivity contribution is 5.76. The summed E-state index contributed by atoms with van der Waals surface area (Å²) in [6.07, 6.45) is 2.50. The summed E-state index contributed by atoms with van der Waals surface area (Å²) < 4.78 is 21.5. The molecular weight excluding hydrogens is 404 g/mol. The van der Waals surface area contributed by atoms with Crippen molar-refractivity contribution in [1.29, 1.82) is 0 Å². The van der Waals surface area contributed by atoms with Crippen LogP contribution in [0.1, 0.15) is 58.1 Å². The zero-order valence-electron chi connectivity index (χ0n) is 18.3. The van der Waals surface area contributed by atoms with E-state index in [1.54, 1.807) is 12.3 Å². The number of esters is 3. The van der Waals surface area contributed by atoms with Crippen LogP contribution in [0, 0.1) is 28.6 Å². The van der Waals surface area contributed by atoms with Gasteiger partial charge in [0.2, 0.25) is 0 Å². The maximum Gasteiger partial charge on any atom is 0.310 e. The summed E-state index contributed by atoms with van der Waals surface area (Å²) in [5.41, 5.74) is -0.534. The molecule has 2 aliphatic carbocycles. The molecule has 170 valence electrons. The van der Waals surface area contributed by atoms with Crippen LogP contribution in [-0.4, -0.2) is 42.3 Å². The lowest BCUT2D eigenvalue weighted by Gasteiger charge is -2.63. The minimum absolute atomic E-state index is 0.191. The van der Waals surface area contributed by atoms with E-state index >= 15 is 0 Å². The fourth-order valence-electron chi connectivity index (χ4n) is 6.74. The molecule has 8 heteroatoms. The Bertz CT molecular complexity index is 863. The molecule has 3 aliphatic rings. The van der Waals surface area contributed by atoms with Crippen molar-refractivity contribution in [2.75, 3.05) is 7.11 Å². The molecule has 0 unspecified atom stereocenters. The number of cyclic esters (lactones) is 1. The molecule has 0 amide bonds. The Kier molecular flexibility index (Phi) is 5.40. The smallest absolute Gasteiger partial charge is 0.310 e. The predicted molar refractivity (Wildman–Crippen MR) is 106 cm³/mol. The lowest BCUT2D eigenvalue weighted by atomic mass is 9.42. The molecule has 1 aliphatic heterocycles. The highest BCUT2D eigenvalue weighted by Gasteiger charge is 2.67. The second-order valence-electron chi connectivity index (χ2n) is 9.72. The number of aliphatic hydroxyl groups is 1. The van der Waals surface area contributed by atoms with Gasteiger partial charge < -0.3 is 23.7 Å². The van der Waals surface area contributed by atoms with Gasteiger partial charge in [-0.1, -0.05) is 13.8 Å². The number of fused-ring (bicyclic) bond motifs is 3. The topological polar surface area (TPSA) is 112 Å². The van der Waals surface area contributed by atoms with E-state index in [1.807, 2.05) is 13.8 Å². The molecule has 2 heterocycles. The lowest BCUT2D eigenvalue weighted by Crippen LogP contribution is -2.66. The Balaban J connectivity index is 1.78. The van der Waals surface area contributed by atoms with E-state index in [2.05, 4.69) is 0 Å². The van der Waals surface area contributed by atoms with Crippen molar-refractivity contribution in [3.8, 4) is 0 Å². The second kappa shape index (κ2) is 7.65. The van der Waals surface area contributed by atoms with Crippen molar-refractivity contribution in [3.63, 3.8) is 0 Å². The Morgan fingerprint density at radius 1 is 1.26 bits per heavy atom. The van der Waals surface area contributed by atoms with Crippen LogP contribution in [0.15, 0.2) is 23.0 Å². The van der Waals surface area contributed by atoms with Gasteiger partial charge >= 0.3 is 17.9 Å². The molecule has 1 N–H and O–H groups in total. The van der Waals surface area contributed by atoms with Crippen LogP contribution in [0.2, 0.25) is 0 Å². The summed E-state index contributed by atoms with van der Waals surface area (Å²) in [7, 11) is 1.34. The van der Waals surface area contributed by atoms with Crippen LogP contribution in [0.4, 0.5) is 0 Å². The number of hydrogen-bond acceptors (Lipinski definition) is 8. The van der Waals surface area contributed by atoms with Gasteiger partial charge in [-0.15, -0.1) is 0 Å². The van der Waals surface area contributed by atoms with E-state index in [-0.39, 0.29) is 18.4 Å². The van der Waals surface area contributed by atoms with Crippen LogP contribution < -0.4 is 0 Å². The van der Waals surface area contributed by atoms with Crippen LogP contribution in [-0.2, 0) is 28.6 Å². The largest absolute Gasteiger partial charge is 0.472 e. The van der Waals surface area contributed by atoms with Crippen LogP contribution >= 0.6 is 0 Å². The summed E-state index contributed by atoms with van der Waals surface area (Å²) in [4.78, 5) is 37.6. The van der Waals surface area contributed by atoms with Crippen LogP contribution in [0.3, 0.4) is 0 Å². The number of carbonyl (C=O) groups excluding carboxylic acids is 3. The van der Waals surface area contributed by atoms with Crippen LogP contribution in [0.25, 0.3) is 0 Å². The van der Waals surface area contributed by atoms with Crippen molar-refractivity contribution in [2.24, 2.45) is 28.6 Å². The fraction of sp³-hybridized carbons (Fsp3) is 0.696. The van der Waals surface area contributed by atoms with Crippen LogP contribution in [0.5, 0.6) is 0 Å². The molecule has 31 heavy (non-hydrogen) atoms. The SMILES string of the molecule is COC(=O)[C@@H]1C[C@H](OC(C)=O)[C@H](O)[C@H]2[C@@]1(C)CC[C@H]1C(=O)O[C@H](c3ccoc3)C[C@]21C. The van der Waals surface area contributed by atoms with Gasteiger partial charge in [0.15, 0.2) is 0 Å². The molecular formula is C23H30O8. The zero-order chi connectivity index (χ0) is 22.6. The van der Waals surface area contributed by atoms with E-state index in [4.69, 9.17) is 18.6 Å². The van der Waals surface area contributed by atoms with E-state index in [0.717, 1.165) is 5.56 Å². The minimum Gasteiger partial charge on any atom is -0.472 e. The number of methoxy groups -OCH3 is 1. The number of ether oxygens (including phenoxy) is 3. The molecule has 1 aromatic rings. The van der Waals surface area contributed by atoms with E-state index in [0.29, 0.717) is 19.3 Å². The van der Waals surface area contributed by atoms with Gasteiger partial charge in [0.1, 0.15) is 12.2 Å². The predicted octanol–water partition coefficient (Wildman–Crippen LogP) is 2.79. The standard InChI is InChI=1S/C23H30O8/c1-12(24)30-16-9-15(20(26)28-4)22(2)7-5-14-21(27)31-17(13-6-8-29-11-13)10-23(14,3)19(22)18(16)25/h6,8,11,14-19,25H,5,7,9-10H2,1-4H3/t14-,15-,16-,17-,18-,19-,22-,23-/m0/s1. The van der Waals surface area contributed by atoms with Gasteiger partial charge in [-0.3, -0.25) is 14.4 Å². The van der Waals surface area contributed by atoms with Crippen molar-refractivity contribution in [1.82, 2.24) is 0 Å². The molecule has 8 atom stereocenters. The molecule has 1 saturated heterocycles. The van der Waals surface area contributed by atoms with Gasteiger partial charge in [-0.05, 0) is 36.2 Å². The van der Waals surface area contributed by atoms with E-state index < -0.39 is 52.9 Å². The highest BCUT2D eigenvalue weighted by Crippen LogP contribution is 2.66. The summed E-state index contributed by atoms with van der Waals surface area (Å²) in [5, 5.41) is 11.5. The van der Waals surface area contributed by atoms with E-state index in [1.165, 1.54) is 20.3 Å². The highest BCUT2D eigenvalue weighted by atomic mass is 16.6. The maximum absolute atomic E-state index is 13.0. The first-order valence-electron chi connectivity index (χ1n) is 10.8. The normalized spacial score (nSPS) is 42.0. The van der Waals surface area contributed by atoms with Crippen molar-refractivity contribution >= 4 is 17.9 Å². The molecule has 0 radical (unpaired) electrons. The Labute approximate surface area is 181 Å². The Hall–Kier alpha value is -2.35. The Morgan fingerprint density at radius 3 is 2.61 bits per heavy atom. The average molecular weight is 434 g/mol. The van der Waals surface area contributed by atoms with Crippen molar-refractivity contribution < 1.29 is 38.1 Å². The number of rotatable bonds is 3. The molecule has 4 rings (SSSR count). The number of aliphatic hydroxyl groups excluding tert-OH is 1. The van der Waals surface area contributed by atoms with Gasteiger partial charge in [0.05, 0.1) is 37.6 Å². The van der Waals surface area contributed by atoms with Crippen molar-refractivity contribution in [2.45, 2.75) is 64.8 Å². The summed E-state index contributed by atoms with van der Waals surface area (Å²) in [6.45, 7) is 5.26. The number of carbonyl (C=O) groups is 3. The number of hydrogen-bond donors (Lipinski definition) is 1. The van der Waals surface area contributed by atoms with Gasteiger partial charge in [0, 0.05) is 24.8 Å². The van der Waals surface area contributed by atoms with Gasteiger partial charge in [0.25, 0.3) is 0 Å². The quantitative estimate of drug-likeness (QED) is 0.571. The molecule has 0 bridgehead atoms. The maximum atomic E-state index is 13.0. The molecule has 2 saturated carbocycles. The summed E-state index contributed by atoms with van der Waals surface area (Å²) >= 11 is 0. The summed E-state index contributed by atoms with van der Waals surface area (Å²) in [5.74, 6) is -2.66. The van der Waals surface area contributed by atoms with Crippen molar-refractivity contribution in [3.05, 3.63) is 24.2 Å². The minimum atomic E-state index is -1.02. The molecule has 1 aromatic heterocycles. The first-order valence-corrected chi connectivity index (χ1v) is 10.8. The van der Waals surface area contributed by atoms with Gasteiger partial charge in [-0.25, -0.2) is 0 Å². The molecule has 3 fully saturated rings. The molecule has 0 aromatic carbocycles. The van der Waals surface area contributed by atoms with Gasteiger partial charge in [-0.2, -0.15) is 0 Å². The second-order valence-corrected chi connectivity index (χ2v) is 9.72. The monoisotopic (exact) mass is 434 g/mol. The third kappa shape index (κ3) is 3.35.